The molecule has 0 aliphatic carbocycles. The van der Waals surface area contributed by atoms with Gasteiger partial charge in [0.1, 0.15) is 0 Å². The molecular formula is C12H15IrO2-. The van der Waals surface area contributed by atoms with Crippen molar-refractivity contribution in [3.8, 4) is 0 Å². The van der Waals surface area contributed by atoms with Crippen LogP contribution in [-0.2, 0) is 26.4 Å². The zero-order valence-corrected chi connectivity index (χ0v) is 12.0. The van der Waals surface area contributed by atoms with Crippen LogP contribution in [0.1, 0.15) is 27.8 Å². The third-order valence-corrected chi connectivity index (χ3v) is 3.37. The molecule has 0 saturated heterocycles. The fourth-order valence-corrected chi connectivity index (χ4v) is 1.52. The van der Waals surface area contributed by atoms with Gasteiger partial charge in [-0.15, -0.1) is 0 Å². The van der Waals surface area contributed by atoms with E-state index >= 15 is 0 Å². The molecule has 1 aromatic carbocycles. The SMILES string of the molecule is Cc1c(C)c(C)[c-](C)c1C.O=[C]=[Ir]=[C]=O. The molecule has 0 aliphatic heterocycles. The van der Waals surface area contributed by atoms with Crippen LogP contribution >= 0.6 is 0 Å². The second-order valence-corrected chi connectivity index (χ2v) is 4.92. The second-order valence-electron chi connectivity index (χ2n) is 3.34. The predicted molar refractivity (Wildman–Crippen MR) is 57.1 cm³/mol. The molecule has 15 heavy (non-hydrogen) atoms. The molecule has 1 aromatic rings. The quantitative estimate of drug-likeness (QED) is 0.644. The van der Waals surface area contributed by atoms with Crippen molar-refractivity contribution in [2.45, 2.75) is 34.6 Å². The van der Waals surface area contributed by atoms with Gasteiger partial charge < -0.3 is 0 Å². The van der Waals surface area contributed by atoms with E-state index in [-0.39, 0.29) is 0 Å². The van der Waals surface area contributed by atoms with Gasteiger partial charge in [0, 0.05) is 0 Å². The van der Waals surface area contributed by atoms with Gasteiger partial charge in [-0.1, -0.05) is 34.6 Å². The molecule has 0 bridgehead atoms. The van der Waals surface area contributed by atoms with Gasteiger partial charge in [-0.3, -0.25) is 0 Å². The molecule has 0 spiro atoms. The van der Waals surface area contributed by atoms with Gasteiger partial charge in [0.25, 0.3) is 0 Å². The third kappa shape index (κ3) is 3.66. The van der Waals surface area contributed by atoms with Crippen LogP contribution in [0.25, 0.3) is 0 Å². The Morgan fingerprint density at radius 2 is 1.27 bits per heavy atom. The Morgan fingerprint density at radius 1 is 0.933 bits per heavy atom. The molecule has 0 atom stereocenters. The molecule has 3 heteroatoms. The monoisotopic (exact) mass is 384 g/mol. The van der Waals surface area contributed by atoms with E-state index < -0.39 is 16.8 Å². The third-order valence-electron chi connectivity index (χ3n) is 2.88. The Bertz CT molecular complexity index is 360. The summed E-state index contributed by atoms with van der Waals surface area (Å²) in [6.45, 7) is 11.0. The van der Waals surface area contributed by atoms with E-state index in [2.05, 4.69) is 34.6 Å². The van der Waals surface area contributed by atoms with Crippen LogP contribution in [0.15, 0.2) is 0 Å². The van der Waals surface area contributed by atoms with Crippen molar-refractivity contribution in [2.75, 3.05) is 0 Å². The van der Waals surface area contributed by atoms with Crippen LogP contribution in [0.5, 0.6) is 0 Å². The number of hydrogen-bond acceptors (Lipinski definition) is 2. The molecule has 2 nitrogen and oxygen atoms in total. The van der Waals surface area contributed by atoms with Crippen molar-refractivity contribution in [1.82, 2.24) is 0 Å². The zero-order valence-electron chi connectivity index (χ0n) is 9.65. The van der Waals surface area contributed by atoms with E-state index in [0.29, 0.717) is 0 Å². The van der Waals surface area contributed by atoms with E-state index in [1.807, 2.05) is 0 Å². The molecular weight excluding hydrogens is 368 g/mol. The topological polar surface area (TPSA) is 34.1 Å². The summed E-state index contributed by atoms with van der Waals surface area (Å²) in [5.41, 5.74) is 7.34. The summed E-state index contributed by atoms with van der Waals surface area (Å²) in [5, 5.41) is 0. The van der Waals surface area contributed by atoms with Crippen molar-refractivity contribution in [3.63, 3.8) is 0 Å². The Balaban J connectivity index is 0.000000336. The molecule has 0 saturated carbocycles. The Labute approximate surface area is 97.7 Å². The van der Waals surface area contributed by atoms with Gasteiger partial charge in [0.15, 0.2) is 0 Å². The van der Waals surface area contributed by atoms with Crippen LogP contribution in [0.3, 0.4) is 0 Å². The van der Waals surface area contributed by atoms with E-state index in [9.17, 15) is 0 Å². The van der Waals surface area contributed by atoms with Gasteiger partial charge in [-0.2, -0.15) is 27.8 Å². The Hall–Kier alpha value is -0.841. The minimum absolute atomic E-state index is 1.08. The van der Waals surface area contributed by atoms with Crippen molar-refractivity contribution < 1.29 is 26.4 Å². The molecule has 1 rings (SSSR count). The van der Waals surface area contributed by atoms with E-state index in [0.717, 1.165) is 0 Å². The summed E-state index contributed by atoms with van der Waals surface area (Å²) in [4.78, 5) is 18.1. The van der Waals surface area contributed by atoms with Gasteiger partial charge in [0.05, 0.1) is 0 Å². The van der Waals surface area contributed by atoms with Crippen molar-refractivity contribution in [3.05, 3.63) is 27.8 Å². The second kappa shape index (κ2) is 6.61. The van der Waals surface area contributed by atoms with Gasteiger partial charge in [-0.05, 0) is 0 Å². The fraction of sp³-hybridized carbons (Fsp3) is 0.417. The Morgan fingerprint density at radius 3 is 1.33 bits per heavy atom. The first-order valence-corrected chi connectivity index (χ1v) is 6.89. The fourth-order valence-electron chi connectivity index (χ4n) is 1.42. The molecule has 0 aliphatic rings. The number of carbonyl (C=O) groups excluding carboxylic acids is 2. The molecule has 0 radical (unpaired) electrons. The summed E-state index contributed by atoms with van der Waals surface area (Å²) in [5.74, 6) is 0. The Kier molecular flexibility index (Phi) is 6.24. The van der Waals surface area contributed by atoms with E-state index in [1.54, 1.807) is 0 Å². The minimum atomic E-state index is -1.08. The first-order valence-electron chi connectivity index (χ1n) is 4.49. The molecule has 0 heterocycles. The summed E-state index contributed by atoms with van der Waals surface area (Å²) in [6, 6.07) is 0. The molecule has 0 fully saturated rings. The van der Waals surface area contributed by atoms with Crippen LogP contribution < -0.4 is 0 Å². The van der Waals surface area contributed by atoms with Crippen LogP contribution in [0, 0.1) is 34.6 Å². The summed E-state index contributed by atoms with van der Waals surface area (Å²) in [6.07, 6.45) is 0. The summed E-state index contributed by atoms with van der Waals surface area (Å²) in [7, 11) is 0. The van der Waals surface area contributed by atoms with Gasteiger partial charge in [-0.25, -0.2) is 0 Å². The van der Waals surface area contributed by atoms with E-state index in [4.69, 9.17) is 9.59 Å². The number of hydrogen-bond donors (Lipinski definition) is 0. The first-order chi connectivity index (χ1) is 6.97. The van der Waals surface area contributed by atoms with Crippen LogP contribution in [0.4, 0.5) is 0 Å². The number of rotatable bonds is 0. The molecule has 0 N–H and O–H groups in total. The molecule has 0 aromatic heterocycles. The molecule has 0 unspecified atom stereocenters. The van der Waals surface area contributed by atoms with Crippen LogP contribution in [0.2, 0.25) is 0 Å². The first kappa shape index (κ1) is 14.2. The maximum atomic E-state index is 9.07. The summed E-state index contributed by atoms with van der Waals surface area (Å²) < 4.78 is 2.94. The maximum absolute atomic E-state index is 9.07. The van der Waals surface area contributed by atoms with Crippen molar-refractivity contribution in [1.29, 1.82) is 0 Å². The predicted octanol–water partition coefficient (Wildman–Crippen LogP) is 2.15. The molecule has 0 amide bonds. The van der Waals surface area contributed by atoms with Gasteiger partial charge in [0.2, 0.25) is 0 Å². The average Bonchev–Trinajstić information content (AvgIpc) is 2.39. The van der Waals surface area contributed by atoms with Gasteiger partial charge >= 0.3 is 35.2 Å². The standard InChI is InChI=1S/C10H15.2CO.Ir/c1-6-7(2)9(4)10(5)8(6)3;2*1-2;/h1-5H3;;;/q-1;;;. The van der Waals surface area contributed by atoms with Crippen molar-refractivity contribution in [2.24, 2.45) is 0 Å². The molecule has 85 valence electrons. The van der Waals surface area contributed by atoms with Crippen molar-refractivity contribution >= 4 is 8.79 Å². The summed E-state index contributed by atoms with van der Waals surface area (Å²) >= 11 is -1.08. The average molecular weight is 383 g/mol. The van der Waals surface area contributed by atoms with E-state index in [1.165, 1.54) is 36.6 Å². The zero-order chi connectivity index (χ0) is 12.0. The van der Waals surface area contributed by atoms with Crippen LogP contribution in [-0.4, -0.2) is 8.79 Å². The normalized spacial score (nSPS) is 8.60.